The van der Waals surface area contributed by atoms with Gasteiger partial charge in [0, 0.05) is 49.7 Å². The minimum atomic E-state index is -0.696. The lowest BCUT2D eigenvalue weighted by molar-refractivity contribution is -0.132. The summed E-state index contributed by atoms with van der Waals surface area (Å²) in [5.74, 6) is 0.104. The van der Waals surface area contributed by atoms with Crippen molar-refractivity contribution in [2.75, 3.05) is 44.3 Å². The van der Waals surface area contributed by atoms with Crippen LogP contribution in [0.25, 0.3) is 0 Å². The van der Waals surface area contributed by atoms with Gasteiger partial charge in [-0.3, -0.25) is 9.59 Å². The number of amides is 2. The lowest BCUT2D eigenvalue weighted by Crippen LogP contribution is -2.49. The number of pyridine rings is 1. The molecule has 0 radical (unpaired) electrons. The first-order valence-electron chi connectivity index (χ1n) is 10.8. The van der Waals surface area contributed by atoms with Crippen LogP contribution in [0.1, 0.15) is 39.0 Å². The molecule has 2 amide bonds. The highest BCUT2D eigenvalue weighted by Gasteiger charge is 2.21. The number of aromatic nitrogens is 1. The maximum absolute atomic E-state index is 12.5. The van der Waals surface area contributed by atoms with E-state index in [0.29, 0.717) is 54.9 Å². The van der Waals surface area contributed by atoms with Gasteiger partial charge in [0.05, 0.1) is 36.8 Å². The summed E-state index contributed by atoms with van der Waals surface area (Å²) in [6.07, 6.45) is 3.22. The molecule has 0 aliphatic carbocycles. The molecule has 0 unspecified atom stereocenters. The number of benzene rings is 1. The average Bonchev–Trinajstić information content (AvgIpc) is 2.87. The Morgan fingerprint density at radius 1 is 1.12 bits per heavy atom. The van der Waals surface area contributed by atoms with E-state index in [9.17, 15) is 14.9 Å². The van der Waals surface area contributed by atoms with E-state index in [4.69, 9.17) is 21.1 Å². The first-order valence-corrected chi connectivity index (χ1v) is 10.8. The quantitative estimate of drug-likeness (QED) is 0.421. The highest BCUT2D eigenvalue weighted by molar-refractivity contribution is 6.02. The molecule has 1 aliphatic rings. The van der Waals surface area contributed by atoms with E-state index in [1.54, 1.807) is 23.2 Å². The summed E-state index contributed by atoms with van der Waals surface area (Å²) in [6.45, 7) is 3.01. The van der Waals surface area contributed by atoms with Crippen LogP contribution in [0.15, 0.2) is 30.5 Å². The van der Waals surface area contributed by atoms with Crippen LogP contribution in [0.3, 0.4) is 0 Å². The fourth-order valence-electron chi connectivity index (χ4n) is 3.79. The van der Waals surface area contributed by atoms with Crippen LogP contribution >= 0.6 is 0 Å². The topological polar surface area (TPSA) is 160 Å². The average molecular weight is 460 g/mol. The zero-order valence-electron chi connectivity index (χ0n) is 18.7. The molecule has 0 saturated carbocycles. The van der Waals surface area contributed by atoms with Crippen LogP contribution in [0, 0.1) is 28.1 Å². The Labute approximate surface area is 197 Å². The van der Waals surface area contributed by atoms with Crippen LogP contribution in [-0.2, 0) is 16.0 Å². The van der Waals surface area contributed by atoms with Crippen LogP contribution < -0.4 is 10.6 Å². The zero-order valence-corrected chi connectivity index (χ0v) is 18.7. The minimum Gasteiger partial charge on any atom is -0.381 e. The third-order valence-corrected chi connectivity index (χ3v) is 5.61. The van der Waals surface area contributed by atoms with E-state index in [1.165, 1.54) is 6.07 Å². The van der Waals surface area contributed by atoms with Gasteiger partial charge in [-0.1, -0.05) is 0 Å². The van der Waals surface area contributed by atoms with E-state index in [-0.39, 0.29) is 31.1 Å². The summed E-state index contributed by atoms with van der Waals surface area (Å²) < 4.78 is 5.62. The summed E-state index contributed by atoms with van der Waals surface area (Å²) in [6, 6.07) is 10.6. The van der Waals surface area contributed by atoms with Crippen molar-refractivity contribution in [3.05, 3.63) is 58.3 Å². The predicted molar refractivity (Wildman–Crippen MR) is 124 cm³/mol. The van der Waals surface area contributed by atoms with Crippen molar-refractivity contribution >= 4 is 23.8 Å². The number of nitrogens with two attached hydrogens (primary N) is 1. The number of primary amides is 1. The minimum absolute atomic E-state index is 0.00936. The molecule has 1 fully saturated rings. The zero-order chi connectivity index (χ0) is 24.5. The van der Waals surface area contributed by atoms with Crippen molar-refractivity contribution in [1.82, 2.24) is 9.88 Å². The highest BCUT2D eigenvalue weighted by Crippen LogP contribution is 2.17. The molecule has 174 valence electrons. The lowest BCUT2D eigenvalue weighted by Gasteiger charge is -2.35. The van der Waals surface area contributed by atoms with Gasteiger partial charge in [0.1, 0.15) is 11.9 Å². The second-order valence-corrected chi connectivity index (χ2v) is 7.71. The van der Waals surface area contributed by atoms with Crippen molar-refractivity contribution in [3.8, 4) is 12.1 Å². The molecule has 1 aliphatic heterocycles. The third kappa shape index (κ3) is 5.94. The van der Waals surface area contributed by atoms with E-state index in [0.717, 1.165) is 12.0 Å². The number of anilines is 1. The molecular formula is C24H25N7O3. The number of piperazine rings is 1. The Morgan fingerprint density at radius 3 is 2.44 bits per heavy atom. The number of ether oxygens (including phenoxy) is 1. The van der Waals surface area contributed by atoms with Gasteiger partial charge in [-0.05, 0) is 36.2 Å². The molecule has 34 heavy (non-hydrogen) atoms. The van der Waals surface area contributed by atoms with Crippen molar-refractivity contribution in [1.29, 1.82) is 15.9 Å². The number of nitriles is 2. The molecule has 0 atom stereocenters. The Hall–Kier alpha value is -4.28. The smallest absolute Gasteiger partial charge is 0.249 e. The van der Waals surface area contributed by atoms with Crippen LogP contribution in [0.5, 0.6) is 0 Å². The van der Waals surface area contributed by atoms with Crippen molar-refractivity contribution in [2.45, 2.75) is 12.8 Å². The van der Waals surface area contributed by atoms with Crippen molar-refractivity contribution < 1.29 is 14.3 Å². The Kier molecular flexibility index (Phi) is 8.27. The number of carbonyl (C=O) groups is 2. The molecule has 10 nitrogen and oxygen atoms in total. The van der Waals surface area contributed by atoms with E-state index >= 15 is 0 Å². The summed E-state index contributed by atoms with van der Waals surface area (Å²) in [5, 5.41) is 25.6. The molecule has 1 aromatic carbocycles. The second kappa shape index (κ2) is 11.5. The van der Waals surface area contributed by atoms with Gasteiger partial charge in [-0.15, -0.1) is 0 Å². The number of carbonyl (C=O) groups excluding carboxylic acids is 2. The number of nitrogens with one attached hydrogen (secondary N) is 1. The first kappa shape index (κ1) is 24.4. The molecule has 0 spiro atoms. The van der Waals surface area contributed by atoms with Crippen molar-refractivity contribution in [2.24, 2.45) is 5.73 Å². The van der Waals surface area contributed by atoms with E-state index in [1.807, 2.05) is 18.2 Å². The molecule has 2 aromatic rings. The van der Waals surface area contributed by atoms with Crippen LogP contribution in [0.2, 0.25) is 0 Å². The maximum Gasteiger partial charge on any atom is 0.249 e. The van der Waals surface area contributed by atoms with Gasteiger partial charge >= 0.3 is 0 Å². The monoisotopic (exact) mass is 459 g/mol. The molecule has 10 heteroatoms. The molecule has 0 bridgehead atoms. The second-order valence-electron chi connectivity index (χ2n) is 7.71. The van der Waals surface area contributed by atoms with Gasteiger partial charge in [0.15, 0.2) is 0 Å². The Morgan fingerprint density at radius 2 is 1.85 bits per heavy atom. The van der Waals surface area contributed by atoms with Gasteiger partial charge in [-0.25, -0.2) is 4.98 Å². The largest absolute Gasteiger partial charge is 0.381 e. The molecular weight excluding hydrogens is 434 g/mol. The molecule has 3 N–H and O–H groups in total. The van der Waals surface area contributed by atoms with E-state index in [2.05, 4.69) is 9.88 Å². The molecule has 3 rings (SSSR count). The number of rotatable bonds is 9. The van der Waals surface area contributed by atoms with Gasteiger partial charge < -0.3 is 25.7 Å². The maximum atomic E-state index is 12.5. The number of hydrogen-bond acceptors (Lipinski definition) is 8. The highest BCUT2D eigenvalue weighted by atomic mass is 16.5. The fraction of sp³-hybridized carbons (Fsp3) is 0.333. The predicted octanol–water partition coefficient (Wildman–Crippen LogP) is 1.22. The normalized spacial score (nSPS) is 13.1. The van der Waals surface area contributed by atoms with Gasteiger partial charge in [0.25, 0.3) is 0 Å². The number of hydrogen-bond donors (Lipinski definition) is 2. The summed E-state index contributed by atoms with van der Waals surface area (Å²) in [5.41, 5.74) is 7.31. The van der Waals surface area contributed by atoms with Gasteiger partial charge in [0.2, 0.25) is 11.8 Å². The van der Waals surface area contributed by atoms with Crippen LogP contribution in [-0.4, -0.2) is 67.3 Å². The fourth-order valence-corrected chi connectivity index (χ4v) is 3.79. The van der Waals surface area contributed by atoms with E-state index < -0.39 is 5.91 Å². The number of nitrogens with zero attached hydrogens (tertiary/aromatic N) is 5. The standard InChI is InChI=1S/C24H25N7O3/c25-13-17-1-2-22(29-16-17)30-5-7-31(8-6-30)23(32)4-10-34-9-3-19-11-18(14-26)12-20(24(28)33)21(19)15-27/h1-2,11-12,15-16,27H,3-10H2,(H2,28,33). The Balaban J connectivity index is 1.44. The third-order valence-electron chi connectivity index (χ3n) is 5.61. The Bertz CT molecular complexity index is 1140. The lowest BCUT2D eigenvalue weighted by atomic mass is 9.96. The first-order chi connectivity index (χ1) is 16.5. The van der Waals surface area contributed by atoms with Crippen LogP contribution in [0.4, 0.5) is 5.82 Å². The van der Waals surface area contributed by atoms with Crippen molar-refractivity contribution in [3.63, 3.8) is 0 Å². The summed E-state index contributed by atoms with van der Waals surface area (Å²) in [4.78, 5) is 32.3. The SMILES string of the molecule is N#Cc1ccc(N2CCN(C(=O)CCOCCc3cc(C#N)cc(C(N)=O)c3C=N)CC2)nc1. The summed E-state index contributed by atoms with van der Waals surface area (Å²) in [7, 11) is 0. The molecule has 2 heterocycles. The summed E-state index contributed by atoms with van der Waals surface area (Å²) >= 11 is 0. The molecule has 1 aromatic heterocycles. The van der Waals surface area contributed by atoms with Gasteiger partial charge in [-0.2, -0.15) is 10.5 Å². The molecule has 1 saturated heterocycles.